The number of carbonyl (C=O) groups is 2. The van der Waals surface area contributed by atoms with E-state index in [1.807, 2.05) is 0 Å². The summed E-state index contributed by atoms with van der Waals surface area (Å²) in [6.07, 6.45) is 0.0919. The lowest BCUT2D eigenvalue weighted by Gasteiger charge is -2.10. The zero-order valence-corrected chi connectivity index (χ0v) is 15.4. The largest absolute Gasteiger partial charge is 0.454 e. The van der Waals surface area contributed by atoms with Crippen molar-refractivity contribution in [2.75, 3.05) is 5.32 Å². The van der Waals surface area contributed by atoms with Gasteiger partial charge in [-0.1, -0.05) is 12.1 Å². The number of alkyl halides is 3. The monoisotopic (exact) mass is 419 g/mol. The number of hydrogen-bond donors (Lipinski definition) is 2. The fourth-order valence-corrected chi connectivity index (χ4v) is 3.45. The lowest BCUT2D eigenvalue weighted by molar-refractivity contribution is -0.137. The van der Waals surface area contributed by atoms with Crippen LogP contribution in [0, 0.1) is 0 Å². The van der Waals surface area contributed by atoms with Crippen molar-refractivity contribution in [3.63, 3.8) is 0 Å². The molecule has 148 valence electrons. The first-order valence-corrected chi connectivity index (χ1v) is 9.14. The van der Waals surface area contributed by atoms with E-state index < -0.39 is 22.9 Å². The topological polar surface area (TPSA) is 84.2 Å². The molecule has 1 aromatic carbocycles. The van der Waals surface area contributed by atoms with Crippen LogP contribution in [0.1, 0.15) is 16.9 Å². The van der Waals surface area contributed by atoms with E-state index in [4.69, 9.17) is 4.42 Å². The molecule has 10 heteroatoms. The van der Waals surface area contributed by atoms with Crippen LogP contribution < -0.4 is 10.6 Å². The summed E-state index contributed by atoms with van der Waals surface area (Å²) in [5.74, 6) is -0.149. The Labute approximate surface area is 166 Å². The van der Waals surface area contributed by atoms with Gasteiger partial charge in [0.15, 0.2) is 5.58 Å². The second-order valence-electron chi connectivity index (χ2n) is 6.16. The molecule has 1 aliphatic rings. The van der Waals surface area contributed by atoms with E-state index in [-0.39, 0.29) is 11.4 Å². The number of anilines is 1. The molecule has 0 aliphatic carbocycles. The first-order chi connectivity index (χ1) is 13.8. The molecule has 1 aliphatic heterocycles. The summed E-state index contributed by atoms with van der Waals surface area (Å²) in [7, 11) is 0. The van der Waals surface area contributed by atoms with Gasteiger partial charge in [-0.05, 0) is 35.5 Å². The molecule has 1 fully saturated rings. The van der Waals surface area contributed by atoms with Gasteiger partial charge in [-0.2, -0.15) is 13.2 Å². The molecule has 0 atom stereocenters. The molecule has 6 nitrogen and oxygen atoms in total. The number of nitrogens with one attached hydrogen (secondary N) is 2. The van der Waals surface area contributed by atoms with Gasteiger partial charge in [0, 0.05) is 24.2 Å². The number of halogens is 3. The minimum Gasteiger partial charge on any atom is -0.454 e. The summed E-state index contributed by atoms with van der Waals surface area (Å²) >= 11 is 0.772. The molecular weight excluding hydrogens is 407 g/mol. The zero-order chi connectivity index (χ0) is 20.6. The van der Waals surface area contributed by atoms with E-state index >= 15 is 0 Å². The number of hydrogen-bond acceptors (Lipinski definition) is 6. The predicted octanol–water partition coefficient (Wildman–Crippen LogP) is 4.78. The van der Waals surface area contributed by atoms with Gasteiger partial charge < -0.3 is 9.73 Å². The number of furan rings is 1. The number of imide groups is 1. The Morgan fingerprint density at radius 3 is 2.76 bits per heavy atom. The second kappa shape index (κ2) is 7.28. The van der Waals surface area contributed by atoms with Gasteiger partial charge in [0.25, 0.3) is 11.1 Å². The third kappa shape index (κ3) is 4.11. The molecule has 2 amide bonds. The van der Waals surface area contributed by atoms with E-state index in [1.165, 1.54) is 18.3 Å². The molecule has 2 N–H and O–H groups in total. The summed E-state index contributed by atoms with van der Waals surface area (Å²) in [5.41, 5.74) is 0.655. The number of thioether (sulfide) groups is 1. The van der Waals surface area contributed by atoms with Crippen LogP contribution in [0.5, 0.6) is 0 Å². The first kappa shape index (κ1) is 19.1. The van der Waals surface area contributed by atoms with Crippen LogP contribution in [0.15, 0.2) is 52.0 Å². The average Bonchev–Trinajstić information content (AvgIpc) is 3.22. The van der Waals surface area contributed by atoms with Crippen molar-refractivity contribution in [2.45, 2.75) is 12.7 Å². The highest BCUT2D eigenvalue weighted by Gasteiger charge is 2.30. The second-order valence-corrected chi connectivity index (χ2v) is 7.17. The lowest BCUT2D eigenvalue weighted by Crippen LogP contribution is -2.17. The smallest absolute Gasteiger partial charge is 0.416 e. The number of carbonyl (C=O) groups excluding carboxylic acids is 2. The molecule has 4 rings (SSSR count). The molecule has 0 radical (unpaired) electrons. The van der Waals surface area contributed by atoms with Crippen molar-refractivity contribution in [1.29, 1.82) is 0 Å². The molecule has 0 bridgehead atoms. The van der Waals surface area contributed by atoms with Gasteiger partial charge in [-0.3, -0.25) is 19.9 Å². The Bertz CT molecular complexity index is 1150. The van der Waals surface area contributed by atoms with Crippen LogP contribution >= 0.6 is 11.8 Å². The molecule has 0 saturated carbocycles. The van der Waals surface area contributed by atoms with Gasteiger partial charge in [-0.25, -0.2) is 0 Å². The van der Waals surface area contributed by atoms with Crippen molar-refractivity contribution in [1.82, 2.24) is 10.3 Å². The Hall–Kier alpha value is -3.27. The summed E-state index contributed by atoms with van der Waals surface area (Å²) in [4.78, 5) is 27.2. The summed E-state index contributed by atoms with van der Waals surface area (Å²) in [6, 6.07) is 6.68. The number of rotatable bonds is 4. The third-order valence-corrected chi connectivity index (χ3v) is 4.91. The van der Waals surface area contributed by atoms with E-state index in [9.17, 15) is 22.8 Å². The van der Waals surface area contributed by atoms with E-state index in [2.05, 4.69) is 15.6 Å². The van der Waals surface area contributed by atoms with Crippen LogP contribution in [-0.2, 0) is 17.5 Å². The van der Waals surface area contributed by atoms with Crippen LogP contribution in [0.3, 0.4) is 0 Å². The minimum absolute atomic E-state index is 0.134. The minimum atomic E-state index is -4.41. The van der Waals surface area contributed by atoms with Gasteiger partial charge in [-0.15, -0.1) is 0 Å². The maximum atomic E-state index is 12.9. The van der Waals surface area contributed by atoms with Crippen LogP contribution in [0.25, 0.3) is 17.0 Å². The number of benzene rings is 1. The number of pyridine rings is 1. The van der Waals surface area contributed by atoms with Gasteiger partial charge >= 0.3 is 6.18 Å². The van der Waals surface area contributed by atoms with E-state index in [1.54, 1.807) is 18.3 Å². The predicted molar refractivity (Wildman–Crippen MR) is 102 cm³/mol. The Morgan fingerprint density at radius 2 is 2.03 bits per heavy atom. The van der Waals surface area contributed by atoms with Gasteiger partial charge in [0.05, 0.1) is 22.4 Å². The number of nitrogens with zero attached hydrogens (tertiary/aromatic N) is 1. The van der Waals surface area contributed by atoms with Crippen LogP contribution in [0.2, 0.25) is 0 Å². The van der Waals surface area contributed by atoms with E-state index in [0.29, 0.717) is 28.0 Å². The standard InChI is InChI=1S/C19H12F3N3O3S/c20-19(21,22)12-3-1-2-10(4-12)7-24-14-9-23-8-11-5-13(28-16(11)14)6-15-17(26)25-18(27)29-15/h1-6,8-9,24H,7H2,(H,25,26,27)/b15-6+. The fraction of sp³-hybridized carbons (Fsp3) is 0.105. The number of fused-ring (bicyclic) bond motifs is 1. The quantitative estimate of drug-likeness (QED) is 0.592. The summed E-state index contributed by atoms with van der Waals surface area (Å²) in [6.45, 7) is 0.134. The fourth-order valence-electron chi connectivity index (χ4n) is 2.78. The SMILES string of the molecule is O=C1NC(=O)/C(=C\c2cc3cncc(NCc4cccc(C(F)(F)F)c4)c3o2)S1. The Balaban J connectivity index is 1.57. The number of aromatic nitrogens is 1. The average molecular weight is 419 g/mol. The van der Waals surface area contributed by atoms with Crippen molar-refractivity contribution in [3.8, 4) is 0 Å². The summed E-state index contributed by atoms with van der Waals surface area (Å²) in [5, 5.41) is 5.36. The van der Waals surface area contributed by atoms with Gasteiger partial charge in [0.2, 0.25) is 0 Å². The van der Waals surface area contributed by atoms with Crippen LogP contribution in [-0.4, -0.2) is 16.1 Å². The highest BCUT2D eigenvalue weighted by molar-refractivity contribution is 8.18. The maximum Gasteiger partial charge on any atom is 0.416 e. The van der Waals surface area contributed by atoms with Crippen LogP contribution in [0.4, 0.5) is 23.7 Å². The van der Waals surface area contributed by atoms with Gasteiger partial charge in [0.1, 0.15) is 5.76 Å². The molecule has 3 aromatic rings. The lowest BCUT2D eigenvalue weighted by atomic mass is 10.1. The van der Waals surface area contributed by atoms with Crippen molar-refractivity contribution in [3.05, 3.63) is 64.5 Å². The third-order valence-electron chi connectivity index (χ3n) is 4.09. The molecule has 2 aromatic heterocycles. The van der Waals surface area contributed by atoms with Crippen molar-refractivity contribution >= 4 is 45.6 Å². The Kier molecular flexibility index (Phi) is 4.79. The zero-order valence-electron chi connectivity index (χ0n) is 14.5. The maximum absolute atomic E-state index is 12.9. The first-order valence-electron chi connectivity index (χ1n) is 8.32. The molecule has 3 heterocycles. The summed E-state index contributed by atoms with van der Waals surface area (Å²) < 4.78 is 44.3. The highest BCUT2D eigenvalue weighted by Crippen LogP contribution is 2.32. The van der Waals surface area contributed by atoms with Crippen molar-refractivity contribution in [2.24, 2.45) is 0 Å². The van der Waals surface area contributed by atoms with Crippen molar-refractivity contribution < 1.29 is 27.2 Å². The molecule has 0 spiro atoms. The Morgan fingerprint density at radius 1 is 1.21 bits per heavy atom. The normalized spacial score (nSPS) is 15.9. The molecule has 0 unspecified atom stereocenters. The molecular formula is C19H12F3N3O3S. The molecule has 29 heavy (non-hydrogen) atoms. The highest BCUT2D eigenvalue weighted by atomic mass is 32.2. The molecule has 1 saturated heterocycles. The van der Waals surface area contributed by atoms with E-state index in [0.717, 1.165) is 23.9 Å². The number of amides is 2.